The number of hydrogen-bond acceptors (Lipinski definition) is 11. The molecule has 0 spiro atoms. The van der Waals surface area contributed by atoms with Crippen molar-refractivity contribution < 1.29 is 38.3 Å². The number of thioether (sulfide) groups is 1. The summed E-state index contributed by atoms with van der Waals surface area (Å²) in [5.41, 5.74) is 22.7. The molecule has 1 aromatic rings. The summed E-state index contributed by atoms with van der Waals surface area (Å²) in [4.78, 5) is 93.3. The lowest BCUT2D eigenvalue weighted by Gasteiger charge is -2.25. The number of guanidine groups is 1. The molecule has 1 saturated heterocycles. The summed E-state index contributed by atoms with van der Waals surface area (Å²) in [6.45, 7) is 3.54. The lowest BCUT2D eigenvalue weighted by molar-refractivity contribution is -0.142. The van der Waals surface area contributed by atoms with Crippen molar-refractivity contribution in [1.29, 1.82) is 0 Å². The molecule has 0 aromatic heterocycles. The van der Waals surface area contributed by atoms with Crippen molar-refractivity contribution in [2.24, 2.45) is 27.9 Å². The maximum absolute atomic E-state index is 13.6. The highest BCUT2D eigenvalue weighted by molar-refractivity contribution is 8.18. The van der Waals surface area contributed by atoms with Crippen molar-refractivity contribution >= 4 is 64.5 Å². The van der Waals surface area contributed by atoms with Crippen LogP contribution >= 0.6 is 11.8 Å². The van der Waals surface area contributed by atoms with Gasteiger partial charge in [-0.3, -0.25) is 43.5 Å². The second-order valence-electron chi connectivity index (χ2n) is 11.7. The minimum Gasteiger partial charge on any atom is -0.464 e. The molecular formula is C33H49N9O8S. The Kier molecular flexibility index (Phi) is 18.2. The monoisotopic (exact) mass is 731 g/mol. The van der Waals surface area contributed by atoms with Crippen LogP contribution in [-0.2, 0) is 28.7 Å². The van der Waals surface area contributed by atoms with Gasteiger partial charge < -0.3 is 43.6 Å². The first kappa shape index (κ1) is 42.2. The van der Waals surface area contributed by atoms with E-state index in [2.05, 4.69) is 20.9 Å². The second-order valence-corrected chi connectivity index (χ2v) is 12.7. The molecule has 280 valence electrons. The van der Waals surface area contributed by atoms with E-state index in [1.807, 2.05) is 6.92 Å². The van der Waals surface area contributed by atoms with Gasteiger partial charge in [0.15, 0.2) is 5.96 Å². The summed E-state index contributed by atoms with van der Waals surface area (Å²) in [5, 5.41) is 7.58. The number of benzene rings is 1. The van der Waals surface area contributed by atoms with Gasteiger partial charge in [-0.25, -0.2) is 0 Å². The van der Waals surface area contributed by atoms with E-state index in [1.54, 1.807) is 12.1 Å². The third kappa shape index (κ3) is 14.8. The Morgan fingerprint density at radius 2 is 1.49 bits per heavy atom. The number of nitrogens with two attached hydrogens (primary N) is 4. The highest BCUT2D eigenvalue weighted by atomic mass is 32.2. The molecule has 51 heavy (non-hydrogen) atoms. The van der Waals surface area contributed by atoms with Crippen LogP contribution in [-0.4, -0.2) is 96.0 Å². The van der Waals surface area contributed by atoms with Crippen LogP contribution in [0.15, 0.2) is 34.2 Å². The van der Waals surface area contributed by atoms with Gasteiger partial charge in [0.25, 0.3) is 17.1 Å². The van der Waals surface area contributed by atoms with Crippen molar-refractivity contribution in [2.45, 2.75) is 83.3 Å². The zero-order valence-electron chi connectivity index (χ0n) is 29.0. The molecule has 0 saturated carbocycles. The van der Waals surface area contributed by atoms with Gasteiger partial charge >= 0.3 is 5.97 Å². The van der Waals surface area contributed by atoms with Gasteiger partial charge in [0.05, 0.1) is 11.4 Å². The second kappa shape index (κ2) is 22.0. The molecule has 1 aliphatic rings. The number of nitrogens with one attached hydrogen (secondary N) is 3. The summed E-state index contributed by atoms with van der Waals surface area (Å²) >= 11 is 0.741. The van der Waals surface area contributed by atoms with E-state index in [4.69, 9.17) is 27.7 Å². The van der Waals surface area contributed by atoms with E-state index in [0.29, 0.717) is 44.2 Å². The van der Waals surface area contributed by atoms with Gasteiger partial charge in [0.2, 0.25) is 17.7 Å². The maximum atomic E-state index is 13.6. The van der Waals surface area contributed by atoms with Crippen molar-refractivity contribution in [2.75, 3.05) is 26.2 Å². The molecule has 1 heterocycles. The highest BCUT2D eigenvalue weighted by Crippen LogP contribution is 2.32. The number of esters is 1. The normalized spacial score (nSPS) is 15.1. The Labute approximate surface area is 301 Å². The molecule has 0 unspecified atom stereocenters. The summed E-state index contributed by atoms with van der Waals surface area (Å²) in [6, 6.07) is 3.09. The third-order valence-electron chi connectivity index (χ3n) is 7.62. The number of ether oxygens (including phenoxy) is 1. The van der Waals surface area contributed by atoms with Gasteiger partial charge in [-0.15, -0.1) is 0 Å². The largest absolute Gasteiger partial charge is 0.464 e. The van der Waals surface area contributed by atoms with Crippen LogP contribution in [0.4, 0.5) is 4.79 Å². The van der Waals surface area contributed by atoms with Gasteiger partial charge in [-0.1, -0.05) is 31.9 Å². The Morgan fingerprint density at radius 1 is 0.882 bits per heavy atom. The minimum atomic E-state index is -1.10. The fourth-order valence-electron chi connectivity index (χ4n) is 4.87. The van der Waals surface area contributed by atoms with Crippen LogP contribution in [0.2, 0.25) is 0 Å². The molecule has 1 fully saturated rings. The van der Waals surface area contributed by atoms with E-state index < -0.39 is 58.9 Å². The van der Waals surface area contributed by atoms with Crippen molar-refractivity contribution in [1.82, 2.24) is 20.9 Å². The number of primary amides is 1. The summed E-state index contributed by atoms with van der Waals surface area (Å²) in [6.07, 6.45) is 5.08. The smallest absolute Gasteiger partial charge is 0.302 e. The first-order valence-electron chi connectivity index (χ1n) is 16.7. The quantitative estimate of drug-likeness (QED) is 0.0277. The zero-order valence-corrected chi connectivity index (χ0v) is 29.8. The first-order chi connectivity index (χ1) is 24.3. The van der Waals surface area contributed by atoms with Gasteiger partial charge in [-0.2, -0.15) is 0 Å². The molecule has 2 rings (SSSR count). The topological polar surface area (TPSA) is 284 Å². The number of rotatable bonds is 22. The molecule has 1 aliphatic heterocycles. The van der Waals surface area contributed by atoms with E-state index >= 15 is 0 Å². The molecule has 1 aromatic carbocycles. The Hall–Kier alpha value is -4.97. The summed E-state index contributed by atoms with van der Waals surface area (Å²) < 4.78 is 4.82. The number of hydrogen-bond donors (Lipinski definition) is 7. The average molecular weight is 732 g/mol. The van der Waals surface area contributed by atoms with Crippen LogP contribution in [0, 0.1) is 0 Å². The average Bonchev–Trinajstić information content (AvgIpc) is 3.34. The molecular weight excluding hydrogens is 682 g/mol. The lowest BCUT2D eigenvalue weighted by atomic mass is 10.0. The van der Waals surface area contributed by atoms with Crippen LogP contribution in [0.1, 0.15) is 81.1 Å². The standard InChI is InChI=1S/C33H49N9O8S/c1-3-4-8-23(27(35)44)39-29(46)24(9-5-6-15-34)41-30(47)25(10-7-16-38-32(36)37)40-28(45)22-13-11-21(12-14-22)19-26-31(48)42(33(49)51-26)17-18-50-20(2)43/h11-14,19,23-25H,3-10,15-18,34H2,1-2H3,(H2,35,44)(H,39,46)(H,40,45)(H,41,47)(H4,36,37,38)/b26-19-/t23-,24-,25-/m0/s1. The predicted octanol–water partition coefficient (Wildman–Crippen LogP) is 0.212. The summed E-state index contributed by atoms with van der Waals surface area (Å²) in [7, 11) is 0. The lowest BCUT2D eigenvalue weighted by Crippen LogP contribution is -2.56. The SMILES string of the molecule is CCCC[C@H](NC(=O)[C@H](CCCCN)NC(=O)[C@H](CCCN=C(N)N)NC(=O)c1ccc(/C=C2\SC(=O)N(CCOC(C)=O)C2=O)cc1)C(N)=O. The number of nitrogens with zero attached hydrogens (tertiary/aromatic N) is 2. The molecule has 0 radical (unpaired) electrons. The minimum absolute atomic E-state index is 0.0760. The van der Waals surface area contributed by atoms with Gasteiger partial charge in [0.1, 0.15) is 24.7 Å². The number of amides is 6. The van der Waals surface area contributed by atoms with Crippen LogP contribution in [0.3, 0.4) is 0 Å². The zero-order chi connectivity index (χ0) is 37.9. The van der Waals surface area contributed by atoms with Gasteiger partial charge in [0, 0.05) is 19.0 Å². The van der Waals surface area contributed by atoms with Crippen molar-refractivity contribution in [3.63, 3.8) is 0 Å². The molecule has 17 nitrogen and oxygen atoms in total. The van der Waals surface area contributed by atoms with Crippen molar-refractivity contribution in [3.05, 3.63) is 40.3 Å². The Balaban J connectivity index is 2.20. The molecule has 3 atom stereocenters. The maximum Gasteiger partial charge on any atom is 0.302 e. The fraction of sp³-hybridized carbons (Fsp3) is 0.515. The van der Waals surface area contributed by atoms with E-state index in [1.165, 1.54) is 25.1 Å². The van der Waals surface area contributed by atoms with E-state index in [-0.39, 0.29) is 49.0 Å². The van der Waals surface area contributed by atoms with E-state index in [0.717, 1.165) is 23.1 Å². The van der Waals surface area contributed by atoms with Crippen LogP contribution < -0.4 is 38.9 Å². The predicted molar refractivity (Wildman–Crippen MR) is 192 cm³/mol. The number of imide groups is 1. The Morgan fingerprint density at radius 3 is 2.08 bits per heavy atom. The molecule has 0 aliphatic carbocycles. The highest BCUT2D eigenvalue weighted by Gasteiger charge is 2.35. The molecule has 18 heteroatoms. The Bertz CT molecular complexity index is 1460. The van der Waals surface area contributed by atoms with Gasteiger partial charge in [-0.05, 0) is 80.6 Å². The number of unbranched alkanes of at least 4 members (excludes halogenated alkanes) is 2. The number of carbonyl (C=O) groups excluding carboxylic acids is 7. The molecule has 6 amide bonds. The van der Waals surface area contributed by atoms with Crippen LogP contribution in [0.5, 0.6) is 0 Å². The molecule has 0 bridgehead atoms. The number of carbonyl (C=O) groups is 7. The first-order valence-corrected chi connectivity index (χ1v) is 17.5. The van der Waals surface area contributed by atoms with Crippen molar-refractivity contribution in [3.8, 4) is 0 Å². The third-order valence-corrected chi connectivity index (χ3v) is 8.53. The van der Waals surface area contributed by atoms with E-state index in [9.17, 15) is 33.6 Å². The number of aliphatic imine (C=N–C) groups is 1. The van der Waals surface area contributed by atoms with Crippen LogP contribution in [0.25, 0.3) is 6.08 Å². The molecule has 11 N–H and O–H groups in total. The fourth-order valence-corrected chi connectivity index (χ4v) is 5.73. The summed E-state index contributed by atoms with van der Waals surface area (Å²) in [5.74, 6) is -3.68.